The van der Waals surface area contributed by atoms with Gasteiger partial charge in [0.2, 0.25) is 0 Å². The van der Waals surface area contributed by atoms with Gasteiger partial charge in [-0.25, -0.2) is 0 Å². The molecule has 0 fully saturated rings. The summed E-state index contributed by atoms with van der Waals surface area (Å²) in [7, 11) is 0. The molecule has 1 N–H and O–H groups in total. The molecule has 0 bridgehead atoms. The Bertz CT molecular complexity index is 363. The highest BCUT2D eigenvalue weighted by molar-refractivity contribution is 5.77. The minimum Gasteiger partial charge on any atom is -0.484 e. The van der Waals surface area contributed by atoms with Crippen LogP contribution >= 0.6 is 0 Å². The molecule has 0 aliphatic heterocycles. The Hall–Kier alpha value is -1.51. The quantitative estimate of drug-likeness (QED) is 0.823. The standard InChI is InChI=1S/C14H21NO2/c1-4-7-12(3)15-14(16)10-17-13-9-6-5-8-11(13)2/h5-6,8-9,12H,4,7,10H2,1-3H3,(H,15,16)/t12-/m1/s1. The van der Waals surface area contributed by atoms with Gasteiger partial charge in [-0.05, 0) is 31.9 Å². The summed E-state index contributed by atoms with van der Waals surface area (Å²) in [5.74, 6) is 0.708. The summed E-state index contributed by atoms with van der Waals surface area (Å²) in [5, 5.41) is 2.91. The van der Waals surface area contributed by atoms with E-state index in [1.165, 1.54) is 0 Å². The Morgan fingerprint density at radius 3 is 2.76 bits per heavy atom. The molecule has 0 unspecified atom stereocenters. The summed E-state index contributed by atoms with van der Waals surface area (Å²) in [6, 6.07) is 7.91. The first-order chi connectivity index (χ1) is 8.13. The summed E-state index contributed by atoms with van der Waals surface area (Å²) in [4.78, 5) is 11.6. The van der Waals surface area contributed by atoms with Crippen LogP contribution in [0.3, 0.4) is 0 Å². The first-order valence-electron chi connectivity index (χ1n) is 6.11. The average molecular weight is 235 g/mol. The summed E-state index contributed by atoms with van der Waals surface area (Å²) >= 11 is 0. The van der Waals surface area contributed by atoms with E-state index < -0.39 is 0 Å². The van der Waals surface area contributed by atoms with Crippen LogP contribution in [-0.2, 0) is 4.79 Å². The van der Waals surface area contributed by atoms with Crippen molar-refractivity contribution in [1.29, 1.82) is 0 Å². The monoisotopic (exact) mass is 235 g/mol. The number of rotatable bonds is 6. The molecular weight excluding hydrogens is 214 g/mol. The average Bonchev–Trinajstić information content (AvgIpc) is 2.28. The highest BCUT2D eigenvalue weighted by atomic mass is 16.5. The van der Waals surface area contributed by atoms with Crippen molar-refractivity contribution in [3.05, 3.63) is 29.8 Å². The highest BCUT2D eigenvalue weighted by Gasteiger charge is 2.07. The van der Waals surface area contributed by atoms with Gasteiger partial charge in [-0.15, -0.1) is 0 Å². The molecule has 1 aromatic carbocycles. The van der Waals surface area contributed by atoms with Gasteiger partial charge in [0.05, 0.1) is 0 Å². The Morgan fingerprint density at radius 1 is 1.41 bits per heavy atom. The van der Waals surface area contributed by atoms with E-state index in [4.69, 9.17) is 4.74 Å². The summed E-state index contributed by atoms with van der Waals surface area (Å²) < 4.78 is 5.47. The van der Waals surface area contributed by atoms with Crippen LogP contribution in [0.15, 0.2) is 24.3 Å². The second kappa shape index (κ2) is 6.94. The van der Waals surface area contributed by atoms with Crippen LogP contribution in [0, 0.1) is 6.92 Å². The van der Waals surface area contributed by atoms with Gasteiger partial charge < -0.3 is 10.1 Å². The fourth-order valence-electron chi connectivity index (χ4n) is 1.68. The van der Waals surface area contributed by atoms with Crippen molar-refractivity contribution in [2.75, 3.05) is 6.61 Å². The smallest absolute Gasteiger partial charge is 0.258 e. The lowest BCUT2D eigenvalue weighted by Crippen LogP contribution is -2.36. The predicted octanol–water partition coefficient (Wildman–Crippen LogP) is 2.68. The number of para-hydroxylation sites is 1. The van der Waals surface area contributed by atoms with Gasteiger partial charge in [0.1, 0.15) is 5.75 Å². The highest BCUT2D eigenvalue weighted by Crippen LogP contribution is 2.15. The van der Waals surface area contributed by atoms with Crippen LogP contribution in [0.2, 0.25) is 0 Å². The van der Waals surface area contributed by atoms with E-state index in [1.807, 2.05) is 38.1 Å². The lowest BCUT2D eigenvalue weighted by atomic mass is 10.2. The topological polar surface area (TPSA) is 38.3 Å². The number of amides is 1. The molecule has 94 valence electrons. The van der Waals surface area contributed by atoms with Crippen LogP contribution in [0.4, 0.5) is 0 Å². The van der Waals surface area contributed by atoms with Crippen molar-refractivity contribution >= 4 is 5.91 Å². The van der Waals surface area contributed by atoms with E-state index in [2.05, 4.69) is 12.2 Å². The predicted molar refractivity (Wildman–Crippen MR) is 69.2 cm³/mol. The number of benzene rings is 1. The van der Waals surface area contributed by atoms with Crippen molar-refractivity contribution in [1.82, 2.24) is 5.32 Å². The zero-order valence-electron chi connectivity index (χ0n) is 10.8. The van der Waals surface area contributed by atoms with E-state index in [1.54, 1.807) is 0 Å². The molecule has 3 heteroatoms. The molecule has 0 aliphatic carbocycles. The van der Waals surface area contributed by atoms with Crippen LogP contribution in [0.25, 0.3) is 0 Å². The molecule has 0 aliphatic rings. The third-order valence-electron chi connectivity index (χ3n) is 2.58. The summed E-state index contributed by atoms with van der Waals surface area (Å²) in [6.07, 6.45) is 2.07. The summed E-state index contributed by atoms with van der Waals surface area (Å²) in [5.41, 5.74) is 1.04. The van der Waals surface area contributed by atoms with Crippen LogP contribution in [0.5, 0.6) is 5.75 Å². The van der Waals surface area contributed by atoms with Gasteiger partial charge in [0.25, 0.3) is 5.91 Å². The SMILES string of the molecule is CCC[C@@H](C)NC(=O)COc1ccccc1C. The molecule has 0 aromatic heterocycles. The maximum atomic E-state index is 11.6. The number of carbonyl (C=O) groups is 1. The second-order valence-electron chi connectivity index (χ2n) is 4.31. The van der Waals surface area contributed by atoms with Crippen molar-refractivity contribution in [3.63, 3.8) is 0 Å². The Morgan fingerprint density at radius 2 is 2.12 bits per heavy atom. The fraction of sp³-hybridized carbons (Fsp3) is 0.500. The summed E-state index contributed by atoms with van der Waals surface area (Å²) in [6.45, 7) is 6.16. The molecule has 1 amide bonds. The maximum absolute atomic E-state index is 11.6. The van der Waals surface area contributed by atoms with Crippen molar-refractivity contribution in [3.8, 4) is 5.75 Å². The van der Waals surface area contributed by atoms with Gasteiger partial charge in [-0.2, -0.15) is 0 Å². The third-order valence-corrected chi connectivity index (χ3v) is 2.58. The normalized spacial score (nSPS) is 11.9. The lowest BCUT2D eigenvalue weighted by molar-refractivity contribution is -0.123. The van der Waals surface area contributed by atoms with Crippen molar-refractivity contribution in [2.24, 2.45) is 0 Å². The van der Waals surface area contributed by atoms with Crippen LogP contribution in [0.1, 0.15) is 32.3 Å². The van der Waals surface area contributed by atoms with Gasteiger partial charge >= 0.3 is 0 Å². The Labute approximate surface area is 103 Å². The first kappa shape index (κ1) is 13.6. The molecule has 1 rings (SSSR count). The molecule has 0 spiro atoms. The number of aryl methyl sites for hydroxylation is 1. The van der Waals surface area contributed by atoms with Gasteiger partial charge in [-0.3, -0.25) is 4.79 Å². The van der Waals surface area contributed by atoms with Gasteiger partial charge in [0, 0.05) is 6.04 Å². The van der Waals surface area contributed by atoms with Crippen LogP contribution in [-0.4, -0.2) is 18.6 Å². The van der Waals surface area contributed by atoms with Gasteiger partial charge in [0.15, 0.2) is 6.61 Å². The van der Waals surface area contributed by atoms with Crippen molar-refractivity contribution < 1.29 is 9.53 Å². The molecule has 0 saturated carbocycles. The van der Waals surface area contributed by atoms with Gasteiger partial charge in [-0.1, -0.05) is 31.5 Å². The second-order valence-corrected chi connectivity index (χ2v) is 4.31. The zero-order chi connectivity index (χ0) is 12.7. The van der Waals surface area contributed by atoms with E-state index >= 15 is 0 Å². The number of hydrogen-bond acceptors (Lipinski definition) is 2. The zero-order valence-corrected chi connectivity index (χ0v) is 10.8. The molecular formula is C14H21NO2. The van der Waals surface area contributed by atoms with Crippen LogP contribution < -0.4 is 10.1 Å². The lowest BCUT2D eigenvalue weighted by Gasteiger charge is -2.13. The molecule has 0 radical (unpaired) electrons. The Balaban J connectivity index is 2.36. The number of hydrogen-bond donors (Lipinski definition) is 1. The maximum Gasteiger partial charge on any atom is 0.258 e. The fourth-order valence-corrected chi connectivity index (χ4v) is 1.68. The van der Waals surface area contributed by atoms with E-state index in [-0.39, 0.29) is 18.6 Å². The van der Waals surface area contributed by atoms with E-state index in [9.17, 15) is 4.79 Å². The largest absolute Gasteiger partial charge is 0.484 e. The van der Waals surface area contributed by atoms with E-state index in [0.29, 0.717) is 0 Å². The first-order valence-corrected chi connectivity index (χ1v) is 6.11. The number of nitrogens with one attached hydrogen (secondary N) is 1. The molecule has 1 atom stereocenters. The van der Waals surface area contributed by atoms with Crippen molar-refractivity contribution in [2.45, 2.75) is 39.7 Å². The minimum atomic E-state index is -0.0609. The Kier molecular flexibility index (Phi) is 5.53. The minimum absolute atomic E-state index is 0.0609. The molecule has 0 heterocycles. The number of carbonyl (C=O) groups excluding carboxylic acids is 1. The van der Waals surface area contributed by atoms with E-state index in [0.717, 1.165) is 24.2 Å². The molecule has 17 heavy (non-hydrogen) atoms. The molecule has 1 aromatic rings. The number of ether oxygens (including phenoxy) is 1. The molecule has 3 nitrogen and oxygen atoms in total. The third kappa shape index (κ3) is 4.89. The molecule has 0 saturated heterocycles.